The van der Waals surface area contributed by atoms with Crippen LogP contribution >= 0.6 is 23.5 Å². The van der Waals surface area contributed by atoms with Crippen molar-refractivity contribution in [1.29, 1.82) is 0 Å². The lowest BCUT2D eigenvalue weighted by atomic mass is 10.0. The normalized spacial score (nSPS) is 33.5. The summed E-state index contributed by atoms with van der Waals surface area (Å²) in [5, 5.41) is 3.51. The van der Waals surface area contributed by atoms with Crippen LogP contribution in [0.2, 0.25) is 0 Å². The summed E-state index contributed by atoms with van der Waals surface area (Å²) in [7, 11) is 0. The third kappa shape index (κ3) is 2.33. The SMILES string of the molecule is C1CSC(C2CCCNC2)SC1. The van der Waals surface area contributed by atoms with Crippen LogP contribution in [0.5, 0.6) is 0 Å². The van der Waals surface area contributed by atoms with Gasteiger partial charge in [0.1, 0.15) is 0 Å². The molecule has 2 fully saturated rings. The Morgan fingerprint density at radius 1 is 1.08 bits per heavy atom. The van der Waals surface area contributed by atoms with Crippen molar-refractivity contribution in [2.75, 3.05) is 24.6 Å². The van der Waals surface area contributed by atoms with E-state index in [1.807, 2.05) is 0 Å². The Balaban J connectivity index is 1.80. The summed E-state index contributed by atoms with van der Waals surface area (Å²) in [4.78, 5) is 0. The summed E-state index contributed by atoms with van der Waals surface area (Å²) in [5.41, 5.74) is 0. The van der Waals surface area contributed by atoms with E-state index >= 15 is 0 Å². The van der Waals surface area contributed by atoms with Crippen LogP contribution in [0.4, 0.5) is 0 Å². The minimum Gasteiger partial charge on any atom is -0.316 e. The monoisotopic (exact) mass is 203 g/mol. The van der Waals surface area contributed by atoms with Gasteiger partial charge < -0.3 is 5.32 Å². The van der Waals surface area contributed by atoms with Gasteiger partial charge in [0.05, 0.1) is 4.58 Å². The summed E-state index contributed by atoms with van der Waals surface area (Å²) in [5.74, 6) is 3.75. The van der Waals surface area contributed by atoms with Gasteiger partial charge in [-0.1, -0.05) is 0 Å². The first-order valence-corrected chi connectivity index (χ1v) is 7.00. The Morgan fingerprint density at radius 3 is 2.58 bits per heavy atom. The average molecular weight is 203 g/mol. The molecule has 1 N–H and O–H groups in total. The number of nitrogens with one attached hydrogen (secondary N) is 1. The smallest absolute Gasteiger partial charge is 0.0542 e. The first kappa shape index (κ1) is 9.22. The minimum absolute atomic E-state index is 0.909. The Morgan fingerprint density at radius 2 is 1.92 bits per heavy atom. The van der Waals surface area contributed by atoms with Gasteiger partial charge in [-0.15, -0.1) is 23.5 Å². The van der Waals surface area contributed by atoms with Gasteiger partial charge in [0.2, 0.25) is 0 Å². The number of rotatable bonds is 1. The van der Waals surface area contributed by atoms with E-state index in [9.17, 15) is 0 Å². The molecule has 0 aromatic heterocycles. The fourth-order valence-electron chi connectivity index (χ4n) is 1.89. The van der Waals surface area contributed by atoms with Crippen LogP contribution in [0.15, 0.2) is 0 Å². The first-order valence-electron chi connectivity index (χ1n) is 4.91. The van der Waals surface area contributed by atoms with E-state index in [2.05, 4.69) is 28.8 Å². The number of hydrogen-bond acceptors (Lipinski definition) is 3. The Kier molecular flexibility index (Phi) is 3.67. The number of hydrogen-bond donors (Lipinski definition) is 1. The van der Waals surface area contributed by atoms with E-state index in [4.69, 9.17) is 0 Å². The molecule has 70 valence electrons. The molecule has 0 saturated carbocycles. The van der Waals surface area contributed by atoms with Crippen molar-refractivity contribution in [3.63, 3.8) is 0 Å². The molecule has 2 aliphatic heterocycles. The highest BCUT2D eigenvalue weighted by Crippen LogP contribution is 2.38. The summed E-state index contributed by atoms with van der Waals surface area (Å²) >= 11 is 4.39. The van der Waals surface area contributed by atoms with Crippen LogP contribution in [0.25, 0.3) is 0 Å². The van der Waals surface area contributed by atoms with E-state index < -0.39 is 0 Å². The van der Waals surface area contributed by atoms with E-state index in [1.165, 1.54) is 43.9 Å². The second kappa shape index (κ2) is 4.77. The molecule has 0 amide bonds. The van der Waals surface area contributed by atoms with E-state index in [0.717, 1.165) is 10.5 Å². The molecule has 1 nitrogen and oxygen atoms in total. The summed E-state index contributed by atoms with van der Waals surface area (Å²) in [6.45, 7) is 2.52. The maximum atomic E-state index is 3.51. The standard InChI is InChI=1S/C9H17NS2/c1-3-8(7-10-4-1)9-11-5-2-6-12-9/h8-10H,1-7H2. The molecule has 2 aliphatic rings. The lowest BCUT2D eigenvalue weighted by molar-refractivity contribution is 0.400. The number of piperidine rings is 1. The zero-order valence-corrected chi connectivity index (χ0v) is 9.05. The maximum absolute atomic E-state index is 3.51. The Labute approximate surface area is 83.4 Å². The van der Waals surface area contributed by atoms with Crippen molar-refractivity contribution in [3.8, 4) is 0 Å². The molecule has 3 heteroatoms. The molecular formula is C9H17NS2. The molecule has 1 unspecified atom stereocenters. The van der Waals surface area contributed by atoms with Gasteiger partial charge >= 0.3 is 0 Å². The predicted molar refractivity (Wildman–Crippen MR) is 58.9 cm³/mol. The van der Waals surface area contributed by atoms with Crippen molar-refractivity contribution in [3.05, 3.63) is 0 Å². The van der Waals surface area contributed by atoms with Crippen molar-refractivity contribution in [1.82, 2.24) is 5.32 Å². The quantitative estimate of drug-likeness (QED) is 0.701. The number of thioether (sulfide) groups is 2. The molecule has 0 aromatic carbocycles. The van der Waals surface area contributed by atoms with Gasteiger partial charge in [-0.05, 0) is 49.8 Å². The molecule has 0 aliphatic carbocycles. The van der Waals surface area contributed by atoms with Gasteiger partial charge in [0.25, 0.3) is 0 Å². The van der Waals surface area contributed by atoms with Crippen molar-refractivity contribution in [2.24, 2.45) is 5.92 Å². The predicted octanol–water partition coefficient (Wildman–Crippen LogP) is 2.18. The highest BCUT2D eigenvalue weighted by Gasteiger charge is 2.25. The molecule has 0 aromatic rings. The molecule has 0 radical (unpaired) electrons. The van der Waals surface area contributed by atoms with Gasteiger partial charge in [0, 0.05) is 0 Å². The van der Waals surface area contributed by atoms with Crippen LogP contribution in [0.1, 0.15) is 19.3 Å². The van der Waals surface area contributed by atoms with E-state index in [0.29, 0.717) is 0 Å². The third-order valence-corrected chi connectivity index (χ3v) is 5.86. The molecule has 0 bridgehead atoms. The van der Waals surface area contributed by atoms with Gasteiger partial charge in [-0.2, -0.15) is 0 Å². The van der Waals surface area contributed by atoms with E-state index in [-0.39, 0.29) is 0 Å². The topological polar surface area (TPSA) is 12.0 Å². The largest absolute Gasteiger partial charge is 0.316 e. The Bertz CT molecular complexity index is 112. The van der Waals surface area contributed by atoms with Crippen LogP contribution < -0.4 is 5.32 Å². The van der Waals surface area contributed by atoms with Gasteiger partial charge in [0.15, 0.2) is 0 Å². The first-order chi connectivity index (χ1) is 5.97. The lowest BCUT2D eigenvalue weighted by Crippen LogP contribution is -2.35. The average Bonchev–Trinajstić information content (AvgIpc) is 2.21. The molecule has 1 atom stereocenters. The molecule has 2 rings (SSSR count). The molecule has 2 saturated heterocycles. The van der Waals surface area contributed by atoms with Crippen LogP contribution in [-0.2, 0) is 0 Å². The van der Waals surface area contributed by atoms with Gasteiger partial charge in [-0.3, -0.25) is 0 Å². The van der Waals surface area contributed by atoms with Crippen molar-refractivity contribution < 1.29 is 0 Å². The van der Waals surface area contributed by atoms with Crippen molar-refractivity contribution >= 4 is 23.5 Å². The van der Waals surface area contributed by atoms with Crippen LogP contribution in [-0.4, -0.2) is 29.2 Å². The molecular weight excluding hydrogens is 186 g/mol. The second-order valence-electron chi connectivity index (χ2n) is 3.57. The van der Waals surface area contributed by atoms with Gasteiger partial charge in [-0.25, -0.2) is 0 Å². The fourth-order valence-corrected chi connectivity index (χ4v) is 5.13. The summed E-state index contributed by atoms with van der Waals surface area (Å²) < 4.78 is 0.909. The lowest BCUT2D eigenvalue weighted by Gasteiger charge is -2.32. The minimum atomic E-state index is 0.909. The summed E-state index contributed by atoms with van der Waals surface area (Å²) in [6.07, 6.45) is 4.27. The fraction of sp³-hybridized carbons (Fsp3) is 1.00. The van der Waals surface area contributed by atoms with Crippen LogP contribution in [0, 0.1) is 5.92 Å². The van der Waals surface area contributed by atoms with Crippen LogP contribution in [0.3, 0.4) is 0 Å². The molecule has 0 spiro atoms. The highest BCUT2D eigenvalue weighted by molar-refractivity contribution is 8.17. The molecule has 2 heterocycles. The zero-order chi connectivity index (χ0) is 8.23. The molecule has 12 heavy (non-hydrogen) atoms. The Hall–Kier alpha value is 0.660. The third-order valence-electron chi connectivity index (χ3n) is 2.57. The maximum Gasteiger partial charge on any atom is 0.0542 e. The van der Waals surface area contributed by atoms with E-state index in [1.54, 1.807) is 0 Å². The van der Waals surface area contributed by atoms with Crippen molar-refractivity contribution in [2.45, 2.75) is 23.8 Å². The second-order valence-corrected chi connectivity index (χ2v) is 6.37. The summed E-state index contributed by atoms with van der Waals surface area (Å²) in [6, 6.07) is 0. The zero-order valence-electron chi connectivity index (χ0n) is 7.42. The highest BCUT2D eigenvalue weighted by atomic mass is 32.2.